The molecule has 1 saturated heterocycles. The molecule has 0 amide bonds. The van der Waals surface area contributed by atoms with Crippen LogP contribution in [0.2, 0.25) is 0 Å². The van der Waals surface area contributed by atoms with E-state index in [4.69, 9.17) is 4.42 Å². The van der Waals surface area contributed by atoms with Crippen LogP contribution in [-0.2, 0) is 16.3 Å². The fourth-order valence-electron chi connectivity index (χ4n) is 2.58. The molecular formula is C14H18N2O3S. The van der Waals surface area contributed by atoms with Crippen LogP contribution in [0.5, 0.6) is 0 Å². The van der Waals surface area contributed by atoms with E-state index in [1.54, 1.807) is 18.2 Å². The quantitative estimate of drug-likeness (QED) is 0.930. The van der Waals surface area contributed by atoms with Crippen molar-refractivity contribution < 1.29 is 12.8 Å². The maximum Gasteiger partial charge on any atom is 0.195 e. The molecule has 2 heterocycles. The summed E-state index contributed by atoms with van der Waals surface area (Å²) in [7, 11) is -3.20. The highest BCUT2D eigenvalue weighted by molar-refractivity contribution is 7.90. The smallest absolute Gasteiger partial charge is 0.195 e. The van der Waals surface area contributed by atoms with Gasteiger partial charge in [-0.3, -0.25) is 0 Å². The lowest BCUT2D eigenvalue weighted by molar-refractivity contribution is 0.466. The molecule has 3 rings (SSSR count). The lowest BCUT2D eigenvalue weighted by Crippen LogP contribution is -2.09. The van der Waals surface area contributed by atoms with Crippen LogP contribution in [0.1, 0.15) is 18.7 Å². The largest absolute Gasteiger partial charge is 0.441 e. The van der Waals surface area contributed by atoms with Crippen molar-refractivity contribution >= 4 is 20.9 Å². The summed E-state index contributed by atoms with van der Waals surface area (Å²) < 4.78 is 28.7. The van der Waals surface area contributed by atoms with Crippen molar-refractivity contribution in [3.8, 4) is 0 Å². The van der Waals surface area contributed by atoms with E-state index in [0.717, 1.165) is 25.9 Å². The maximum absolute atomic E-state index is 11.5. The van der Waals surface area contributed by atoms with Crippen molar-refractivity contribution in [2.45, 2.75) is 24.2 Å². The number of sulfone groups is 1. The fourth-order valence-corrected chi connectivity index (χ4v) is 3.22. The Hall–Kier alpha value is -1.40. The van der Waals surface area contributed by atoms with Gasteiger partial charge >= 0.3 is 0 Å². The number of oxazole rings is 1. The van der Waals surface area contributed by atoms with Crippen LogP contribution in [0, 0.1) is 5.92 Å². The van der Waals surface area contributed by atoms with E-state index < -0.39 is 9.84 Å². The third-order valence-electron chi connectivity index (χ3n) is 3.76. The number of nitrogens with zero attached hydrogens (tertiary/aromatic N) is 1. The van der Waals surface area contributed by atoms with Crippen LogP contribution >= 0.6 is 0 Å². The topological polar surface area (TPSA) is 72.2 Å². The van der Waals surface area contributed by atoms with Gasteiger partial charge in [0.05, 0.1) is 4.90 Å². The Kier molecular flexibility index (Phi) is 3.52. The second-order valence-corrected chi connectivity index (χ2v) is 7.42. The minimum atomic E-state index is -3.20. The van der Waals surface area contributed by atoms with Gasteiger partial charge in [0.15, 0.2) is 21.3 Å². The van der Waals surface area contributed by atoms with Gasteiger partial charge in [0, 0.05) is 12.7 Å². The monoisotopic (exact) mass is 294 g/mol. The number of nitrogens with one attached hydrogen (secondary N) is 1. The van der Waals surface area contributed by atoms with E-state index in [1.807, 2.05) is 0 Å². The summed E-state index contributed by atoms with van der Waals surface area (Å²) in [6.07, 6.45) is 4.26. The molecule has 108 valence electrons. The van der Waals surface area contributed by atoms with Crippen molar-refractivity contribution in [2.75, 3.05) is 19.3 Å². The molecule has 1 aromatic carbocycles. The predicted molar refractivity (Wildman–Crippen MR) is 76.4 cm³/mol. The molecule has 1 atom stereocenters. The first-order valence-corrected chi connectivity index (χ1v) is 8.72. The molecule has 1 N–H and O–H groups in total. The maximum atomic E-state index is 11.5. The van der Waals surface area contributed by atoms with Gasteiger partial charge in [-0.25, -0.2) is 13.4 Å². The van der Waals surface area contributed by atoms with E-state index in [-0.39, 0.29) is 4.90 Å². The molecular weight excluding hydrogens is 276 g/mol. The molecule has 1 unspecified atom stereocenters. The molecule has 20 heavy (non-hydrogen) atoms. The SMILES string of the molecule is CS(=O)(=O)c1ccc2oc(CCC3CCNC3)nc2c1. The minimum Gasteiger partial charge on any atom is -0.441 e. The first kappa shape index (κ1) is 13.6. The van der Waals surface area contributed by atoms with Crippen LogP contribution in [0.3, 0.4) is 0 Å². The van der Waals surface area contributed by atoms with Gasteiger partial charge in [-0.2, -0.15) is 0 Å². The second-order valence-electron chi connectivity index (χ2n) is 5.41. The van der Waals surface area contributed by atoms with Gasteiger partial charge in [0.2, 0.25) is 0 Å². The van der Waals surface area contributed by atoms with E-state index in [0.29, 0.717) is 22.9 Å². The normalized spacial score (nSPS) is 19.8. The lowest BCUT2D eigenvalue weighted by Gasteiger charge is -2.04. The van der Waals surface area contributed by atoms with E-state index in [1.165, 1.54) is 12.7 Å². The van der Waals surface area contributed by atoms with Crippen molar-refractivity contribution in [3.05, 3.63) is 24.1 Å². The number of rotatable bonds is 4. The molecule has 2 aromatic rings. The second kappa shape index (κ2) is 5.18. The van der Waals surface area contributed by atoms with E-state index >= 15 is 0 Å². The third-order valence-corrected chi connectivity index (χ3v) is 4.87. The zero-order chi connectivity index (χ0) is 14.2. The summed E-state index contributed by atoms with van der Waals surface area (Å²) in [6, 6.07) is 4.82. The van der Waals surface area contributed by atoms with Crippen LogP contribution < -0.4 is 5.32 Å². The molecule has 5 nitrogen and oxygen atoms in total. The Morgan fingerprint density at radius 2 is 2.30 bits per heavy atom. The van der Waals surface area contributed by atoms with Crippen LogP contribution in [0.15, 0.2) is 27.5 Å². The number of aryl methyl sites for hydroxylation is 1. The molecule has 6 heteroatoms. The van der Waals surface area contributed by atoms with Gasteiger partial charge in [0.25, 0.3) is 0 Å². The molecule has 0 saturated carbocycles. The molecule has 0 spiro atoms. The Morgan fingerprint density at radius 1 is 1.45 bits per heavy atom. The number of hydrogen-bond donors (Lipinski definition) is 1. The summed E-state index contributed by atoms with van der Waals surface area (Å²) in [5.41, 5.74) is 1.27. The van der Waals surface area contributed by atoms with E-state index in [9.17, 15) is 8.42 Å². The van der Waals surface area contributed by atoms with Crippen LogP contribution in [0.4, 0.5) is 0 Å². The summed E-state index contributed by atoms with van der Waals surface area (Å²) in [6.45, 7) is 2.16. The molecule has 0 aliphatic carbocycles. The highest BCUT2D eigenvalue weighted by atomic mass is 32.2. The van der Waals surface area contributed by atoms with E-state index in [2.05, 4.69) is 10.3 Å². The van der Waals surface area contributed by atoms with Gasteiger partial charge in [-0.1, -0.05) is 0 Å². The first-order valence-electron chi connectivity index (χ1n) is 6.82. The minimum absolute atomic E-state index is 0.282. The van der Waals surface area contributed by atoms with Gasteiger partial charge in [-0.05, 0) is 50.0 Å². The summed E-state index contributed by atoms with van der Waals surface area (Å²) >= 11 is 0. The molecule has 0 bridgehead atoms. The zero-order valence-corrected chi connectivity index (χ0v) is 12.2. The molecule has 1 aliphatic rings. The average molecular weight is 294 g/mol. The van der Waals surface area contributed by atoms with Gasteiger partial charge in [0.1, 0.15) is 5.52 Å². The molecule has 0 radical (unpaired) electrons. The van der Waals surface area contributed by atoms with Crippen LogP contribution in [0.25, 0.3) is 11.1 Å². The number of fused-ring (bicyclic) bond motifs is 1. The fraction of sp³-hybridized carbons (Fsp3) is 0.500. The lowest BCUT2D eigenvalue weighted by atomic mass is 10.0. The number of aromatic nitrogens is 1. The van der Waals surface area contributed by atoms with Crippen LogP contribution in [-0.4, -0.2) is 32.7 Å². The number of benzene rings is 1. The van der Waals surface area contributed by atoms with Crippen molar-refractivity contribution in [1.29, 1.82) is 0 Å². The van der Waals surface area contributed by atoms with Crippen molar-refractivity contribution in [1.82, 2.24) is 10.3 Å². The Bertz CT molecular complexity index is 715. The summed E-state index contributed by atoms with van der Waals surface area (Å²) in [5.74, 6) is 1.38. The molecule has 1 fully saturated rings. The standard InChI is InChI=1S/C14H18N2O3S/c1-20(17,18)11-3-4-13-12(8-11)16-14(19-13)5-2-10-6-7-15-9-10/h3-4,8,10,15H,2,5-7,9H2,1H3. The Balaban J connectivity index is 1.79. The van der Waals surface area contributed by atoms with Gasteiger partial charge < -0.3 is 9.73 Å². The Morgan fingerprint density at radius 3 is 3.00 bits per heavy atom. The van der Waals surface area contributed by atoms with Crippen molar-refractivity contribution in [2.24, 2.45) is 5.92 Å². The average Bonchev–Trinajstić information content (AvgIpc) is 3.03. The van der Waals surface area contributed by atoms with Crippen molar-refractivity contribution in [3.63, 3.8) is 0 Å². The zero-order valence-electron chi connectivity index (χ0n) is 11.4. The highest BCUT2D eigenvalue weighted by Crippen LogP contribution is 2.22. The highest BCUT2D eigenvalue weighted by Gasteiger charge is 2.16. The molecule has 1 aromatic heterocycles. The third kappa shape index (κ3) is 2.86. The summed E-state index contributed by atoms with van der Waals surface area (Å²) in [4.78, 5) is 4.68. The predicted octanol–water partition coefficient (Wildman–Crippen LogP) is 1.77. The molecule has 1 aliphatic heterocycles. The number of hydrogen-bond acceptors (Lipinski definition) is 5. The van der Waals surface area contributed by atoms with Gasteiger partial charge in [-0.15, -0.1) is 0 Å². The Labute approximate surface area is 118 Å². The summed E-state index contributed by atoms with van der Waals surface area (Å²) in [5, 5.41) is 3.34. The first-order chi connectivity index (χ1) is 9.52.